The van der Waals surface area contributed by atoms with E-state index in [1.165, 1.54) is 0 Å². The minimum Gasteiger partial charge on any atom is -0.489 e. The maximum Gasteiger partial charge on any atom is 0.330 e. The molecule has 0 aliphatic rings. The van der Waals surface area contributed by atoms with Gasteiger partial charge in [0.25, 0.3) is 0 Å². The van der Waals surface area contributed by atoms with Gasteiger partial charge in [-0.1, -0.05) is 12.1 Å². The molecular weight excluding hydrogens is 228 g/mol. The summed E-state index contributed by atoms with van der Waals surface area (Å²) in [6, 6.07) is 6.80. The van der Waals surface area contributed by atoms with Gasteiger partial charge in [-0.3, -0.25) is 10.1 Å². The second-order valence-electron chi connectivity index (χ2n) is 3.22. The summed E-state index contributed by atoms with van der Waals surface area (Å²) in [6.45, 7) is -0.200. The lowest BCUT2D eigenvalue weighted by atomic mass is 10.3. The number of hydrogen-bond acceptors (Lipinski definition) is 6. The predicted molar refractivity (Wildman–Crippen MR) is 60.5 cm³/mol. The molecule has 7 heteroatoms. The third-order valence-corrected chi connectivity index (χ3v) is 1.95. The van der Waals surface area contributed by atoms with E-state index in [2.05, 4.69) is 5.32 Å². The van der Waals surface area contributed by atoms with Gasteiger partial charge < -0.3 is 20.3 Å². The topological polar surface area (TPSA) is 105 Å². The lowest BCUT2D eigenvalue weighted by Gasteiger charge is -2.12. The van der Waals surface area contributed by atoms with E-state index in [1.807, 2.05) is 0 Å². The molecule has 0 radical (unpaired) electrons. The highest BCUT2D eigenvalue weighted by molar-refractivity contribution is 5.56. The average molecular weight is 242 g/mol. The lowest BCUT2D eigenvalue weighted by molar-refractivity contribution is -0.565. The van der Waals surface area contributed by atoms with Crippen molar-refractivity contribution in [1.29, 1.82) is 0 Å². The number of anilines is 1. The summed E-state index contributed by atoms with van der Waals surface area (Å²) in [5, 5.41) is 30.6. The van der Waals surface area contributed by atoms with Crippen LogP contribution in [-0.2, 0) is 0 Å². The van der Waals surface area contributed by atoms with Crippen molar-refractivity contribution in [3.8, 4) is 5.75 Å². The molecule has 0 saturated carbocycles. The van der Waals surface area contributed by atoms with Crippen LogP contribution in [0.15, 0.2) is 24.3 Å². The maximum atomic E-state index is 10.2. The molecule has 17 heavy (non-hydrogen) atoms. The molecule has 0 amide bonds. The van der Waals surface area contributed by atoms with Crippen LogP contribution in [-0.4, -0.2) is 41.1 Å². The molecule has 94 valence electrons. The van der Waals surface area contributed by atoms with Crippen LogP contribution in [0.5, 0.6) is 5.75 Å². The van der Waals surface area contributed by atoms with Crippen LogP contribution >= 0.6 is 0 Å². The fraction of sp³-hybridized carbons (Fsp3) is 0.400. The minimum atomic E-state index is -1.67. The number of benzene rings is 1. The van der Waals surface area contributed by atoms with Gasteiger partial charge in [-0.25, -0.2) is 0 Å². The molecule has 1 aromatic rings. The lowest BCUT2D eigenvalue weighted by Crippen LogP contribution is -2.27. The Labute approximate surface area is 97.8 Å². The molecule has 0 aliphatic carbocycles. The Bertz CT molecular complexity index is 371. The highest BCUT2D eigenvalue weighted by Crippen LogP contribution is 2.23. The second kappa shape index (κ2) is 6.66. The fourth-order valence-corrected chi connectivity index (χ4v) is 1.17. The van der Waals surface area contributed by atoms with E-state index in [1.54, 1.807) is 24.3 Å². The van der Waals surface area contributed by atoms with Gasteiger partial charge in [-0.15, -0.1) is 0 Å². The third kappa shape index (κ3) is 4.25. The van der Waals surface area contributed by atoms with Crippen molar-refractivity contribution < 1.29 is 19.9 Å². The molecule has 1 rings (SSSR count). The summed E-state index contributed by atoms with van der Waals surface area (Å²) in [5.41, 5.74) is 0.529. The molecule has 0 bridgehead atoms. The van der Waals surface area contributed by atoms with Gasteiger partial charge in [-0.05, 0) is 12.1 Å². The fourth-order valence-electron chi connectivity index (χ4n) is 1.17. The monoisotopic (exact) mass is 242 g/mol. The van der Waals surface area contributed by atoms with Gasteiger partial charge in [0.05, 0.1) is 17.2 Å². The largest absolute Gasteiger partial charge is 0.489 e. The Morgan fingerprint density at radius 3 is 2.82 bits per heavy atom. The number of aliphatic hydroxyl groups is 2. The zero-order chi connectivity index (χ0) is 12.7. The molecule has 0 saturated heterocycles. The second-order valence-corrected chi connectivity index (χ2v) is 3.22. The van der Waals surface area contributed by atoms with Crippen molar-refractivity contribution in [2.24, 2.45) is 0 Å². The van der Waals surface area contributed by atoms with Crippen LogP contribution in [0, 0.1) is 10.1 Å². The highest BCUT2D eigenvalue weighted by Gasteiger charge is 2.15. The molecule has 1 unspecified atom stereocenters. The van der Waals surface area contributed by atoms with Gasteiger partial charge in [0.2, 0.25) is 0 Å². The van der Waals surface area contributed by atoms with Crippen molar-refractivity contribution in [1.82, 2.24) is 0 Å². The van der Waals surface area contributed by atoms with E-state index in [9.17, 15) is 10.1 Å². The summed E-state index contributed by atoms with van der Waals surface area (Å²) in [5.74, 6) is 0.470. The zero-order valence-corrected chi connectivity index (χ0v) is 9.07. The molecule has 7 nitrogen and oxygen atoms in total. The van der Waals surface area contributed by atoms with E-state index < -0.39 is 11.2 Å². The predicted octanol–water partition coefficient (Wildman–Crippen LogP) is 0.0647. The van der Waals surface area contributed by atoms with Gasteiger partial charge in [0, 0.05) is 0 Å². The highest BCUT2D eigenvalue weighted by atomic mass is 16.7. The van der Waals surface area contributed by atoms with Crippen molar-refractivity contribution in [2.45, 2.75) is 6.23 Å². The van der Waals surface area contributed by atoms with Crippen LogP contribution in [0.4, 0.5) is 5.69 Å². The maximum absolute atomic E-state index is 10.2. The summed E-state index contributed by atoms with van der Waals surface area (Å²) in [6.07, 6.45) is -1.67. The summed E-state index contributed by atoms with van der Waals surface area (Å²) >= 11 is 0. The van der Waals surface area contributed by atoms with Crippen molar-refractivity contribution in [3.63, 3.8) is 0 Å². The smallest absolute Gasteiger partial charge is 0.330 e. The number of nitrogens with one attached hydrogen (secondary N) is 1. The number of aliphatic hydroxyl groups excluding tert-OH is 2. The van der Waals surface area contributed by atoms with Crippen molar-refractivity contribution >= 4 is 5.69 Å². The molecule has 0 heterocycles. The molecule has 1 aromatic carbocycles. The molecular formula is C10H14N2O5. The van der Waals surface area contributed by atoms with Gasteiger partial charge in [0.15, 0.2) is 0 Å². The minimum absolute atomic E-state index is 0.119. The number of nitrogens with zero attached hydrogens (tertiary/aromatic N) is 1. The van der Waals surface area contributed by atoms with E-state index in [4.69, 9.17) is 14.9 Å². The standard InChI is InChI=1S/C10H14N2O5/c13-5-6-17-9-4-2-1-3-8(9)11-7-10(14)12(15)16/h1-4,10-11,13-14H,5-7H2. The van der Waals surface area contributed by atoms with E-state index in [0.29, 0.717) is 11.4 Å². The number of para-hydroxylation sites is 2. The first-order chi connectivity index (χ1) is 8.15. The van der Waals surface area contributed by atoms with Crippen molar-refractivity contribution in [3.05, 3.63) is 34.4 Å². The Hall–Kier alpha value is -1.86. The number of ether oxygens (including phenoxy) is 1. The Morgan fingerprint density at radius 1 is 1.47 bits per heavy atom. The first-order valence-electron chi connectivity index (χ1n) is 5.03. The Kier molecular flexibility index (Phi) is 5.18. The van der Waals surface area contributed by atoms with Crippen LogP contribution in [0.3, 0.4) is 0 Å². The number of hydrogen-bond donors (Lipinski definition) is 3. The quantitative estimate of drug-likeness (QED) is 0.355. The first kappa shape index (κ1) is 13.2. The van der Waals surface area contributed by atoms with E-state index in [0.717, 1.165) is 0 Å². The SMILES string of the molecule is O=[N+]([O-])C(O)CNc1ccccc1OCCO. The van der Waals surface area contributed by atoms with Crippen LogP contribution in [0.1, 0.15) is 0 Å². The molecule has 0 fully saturated rings. The molecule has 0 aromatic heterocycles. The van der Waals surface area contributed by atoms with Crippen LogP contribution in [0.2, 0.25) is 0 Å². The molecule has 0 spiro atoms. The summed E-state index contributed by atoms with van der Waals surface area (Å²) in [4.78, 5) is 9.44. The Morgan fingerprint density at radius 2 is 2.18 bits per heavy atom. The van der Waals surface area contributed by atoms with Crippen LogP contribution in [0.25, 0.3) is 0 Å². The van der Waals surface area contributed by atoms with Crippen LogP contribution < -0.4 is 10.1 Å². The third-order valence-electron chi connectivity index (χ3n) is 1.95. The number of rotatable bonds is 7. The van der Waals surface area contributed by atoms with Gasteiger partial charge >= 0.3 is 6.23 Å². The first-order valence-corrected chi connectivity index (χ1v) is 5.03. The van der Waals surface area contributed by atoms with Gasteiger partial charge in [-0.2, -0.15) is 0 Å². The van der Waals surface area contributed by atoms with Crippen molar-refractivity contribution in [2.75, 3.05) is 25.1 Å². The Balaban J connectivity index is 2.60. The molecule has 1 atom stereocenters. The summed E-state index contributed by atoms with van der Waals surface area (Å²) in [7, 11) is 0. The number of nitro groups is 1. The molecule has 0 aliphatic heterocycles. The van der Waals surface area contributed by atoms with E-state index in [-0.39, 0.29) is 19.8 Å². The van der Waals surface area contributed by atoms with Gasteiger partial charge in [0.1, 0.15) is 18.9 Å². The zero-order valence-electron chi connectivity index (χ0n) is 9.07. The summed E-state index contributed by atoms with van der Waals surface area (Å²) < 4.78 is 5.22. The normalized spacial score (nSPS) is 11.9. The van der Waals surface area contributed by atoms with E-state index >= 15 is 0 Å². The molecule has 3 N–H and O–H groups in total. The average Bonchev–Trinajstić information content (AvgIpc) is 2.34.